The Hall–Kier alpha value is -2.71. The van der Waals surface area contributed by atoms with Crippen LogP contribution in [0.1, 0.15) is 31.2 Å². The standard InChI is InChI=1S/C23H26N4O3S/c1-30-22-10-3-15(13-27(18-7-8-18)31(2,28)29)11-19(22)16-4-9-21-20(12-16)23(25-14-24-21)26-17-5-6-17/h3-4,9-12,14,17-18H,5-8,13H2,1-2H3,(H,24,25,26). The van der Waals surface area contributed by atoms with Gasteiger partial charge < -0.3 is 10.1 Å². The van der Waals surface area contributed by atoms with Crippen LogP contribution in [0, 0.1) is 0 Å². The molecular weight excluding hydrogens is 412 g/mol. The van der Waals surface area contributed by atoms with Crippen molar-refractivity contribution in [2.24, 2.45) is 0 Å². The van der Waals surface area contributed by atoms with E-state index in [1.54, 1.807) is 17.7 Å². The lowest BCUT2D eigenvalue weighted by Crippen LogP contribution is -2.31. The van der Waals surface area contributed by atoms with Crippen molar-refractivity contribution in [1.29, 1.82) is 0 Å². The minimum absolute atomic E-state index is 0.120. The molecule has 0 aliphatic heterocycles. The summed E-state index contributed by atoms with van der Waals surface area (Å²) in [6.07, 6.45) is 7.06. The van der Waals surface area contributed by atoms with Gasteiger partial charge in [0.05, 0.1) is 18.9 Å². The number of rotatable bonds is 8. The maximum absolute atomic E-state index is 12.3. The average molecular weight is 439 g/mol. The van der Waals surface area contributed by atoms with Crippen molar-refractivity contribution in [2.45, 2.75) is 44.3 Å². The summed E-state index contributed by atoms with van der Waals surface area (Å²) >= 11 is 0. The van der Waals surface area contributed by atoms with Crippen molar-refractivity contribution in [2.75, 3.05) is 18.7 Å². The summed E-state index contributed by atoms with van der Waals surface area (Å²) in [6, 6.07) is 12.6. The Labute approximate surface area is 182 Å². The number of sulfonamides is 1. The predicted molar refractivity (Wildman–Crippen MR) is 122 cm³/mol. The molecule has 0 bridgehead atoms. The fraction of sp³-hybridized carbons (Fsp3) is 0.391. The molecule has 0 atom stereocenters. The summed E-state index contributed by atoms with van der Waals surface area (Å²) in [6.45, 7) is 0.367. The molecule has 3 aromatic rings. The van der Waals surface area contributed by atoms with Crippen molar-refractivity contribution >= 4 is 26.7 Å². The highest BCUT2D eigenvalue weighted by molar-refractivity contribution is 7.88. The Morgan fingerprint density at radius 3 is 2.58 bits per heavy atom. The fourth-order valence-electron chi connectivity index (χ4n) is 3.90. The second kappa shape index (κ2) is 7.76. The van der Waals surface area contributed by atoms with Gasteiger partial charge in [0.2, 0.25) is 10.0 Å². The number of methoxy groups -OCH3 is 1. The molecule has 1 N–H and O–H groups in total. The van der Waals surface area contributed by atoms with Crippen LogP contribution in [0.4, 0.5) is 5.82 Å². The van der Waals surface area contributed by atoms with Crippen LogP contribution in [-0.2, 0) is 16.6 Å². The number of aromatic nitrogens is 2. The van der Waals surface area contributed by atoms with Crippen molar-refractivity contribution in [3.05, 3.63) is 48.3 Å². The Morgan fingerprint density at radius 1 is 1.10 bits per heavy atom. The highest BCUT2D eigenvalue weighted by Crippen LogP contribution is 2.36. The third kappa shape index (κ3) is 4.36. The summed E-state index contributed by atoms with van der Waals surface area (Å²) in [7, 11) is -1.61. The van der Waals surface area contributed by atoms with E-state index in [0.29, 0.717) is 12.6 Å². The van der Waals surface area contributed by atoms with E-state index in [2.05, 4.69) is 21.4 Å². The first-order chi connectivity index (χ1) is 14.9. The molecule has 5 rings (SSSR count). The molecule has 2 aliphatic carbocycles. The zero-order chi connectivity index (χ0) is 21.6. The monoisotopic (exact) mass is 438 g/mol. The van der Waals surface area contributed by atoms with Gasteiger partial charge in [-0.05, 0) is 61.1 Å². The van der Waals surface area contributed by atoms with E-state index in [9.17, 15) is 8.42 Å². The zero-order valence-electron chi connectivity index (χ0n) is 17.7. The summed E-state index contributed by atoms with van der Waals surface area (Å²) in [5, 5.41) is 4.45. The quantitative estimate of drug-likeness (QED) is 0.576. The minimum Gasteiger partial charge on any atom is -0.496 e. The second-order valence-electron chi connectivity index (χ2n) is 8.45. The Bertz CT molecular complexity index is 1240. The smallest absolute Gasteiger partial charge is 0.211 e. The molecule has 31 heavy (non-hydrogen) atoms. The summed E-state index contributed by atoms with van der Waals surface area (Å²) < 4.78 is 31.7. The topological polar surface area (TPSA) is 84.4 Å². The van der Waals surface area contributed by atoms with Crippen molar-refractivity contribution < 1.29 is 13.2 Å². The molecule has 0 amide bonds. The second-order valence-corrected chi connectivity index (χ2v) is 10.4. The van der Waals surface area contributed by atoms with Crippen LogP contribution in [-0.4, -0.2) is 48.1 Å². The molecule has 2 aromatic carbocycles. The molecule has 2 saturated carbocycles. The summed E-state index contributed by atoms with van der Waals surface area (Å²) in [5.41, 5.74) is 3.73. The first-order valence-corrected chi connectivity index (χ1v) is 12.4. The van der Waals surface area contributed by atoms with Crippen molar-refractivity contribution in [3.8, 4) is 16.9 Å². The van der Waals surface area contributed by atoms with Gasteiger partial charge in [-0.1, -0.05) is 12.1 Å². The van der Waals surface area contributed by atoms with Crippen LogP contribution < -0.4 is 10.1 Å². The minimum atomic E-state index is -3.26. The van der Waals surface area contributed by atoms with Gasteiger partial charge in [-0.3, -0.25) is 0 Å². The van der Waals surface area contributed by atoms with Crippen LogP contribution in [0.25, 0.3) is 22.0 Å². The van der Waals surface area contributed by atoms with E-state index in [4.69, 9.17) is 4.74 Å². The molecular formula is C23H26N4O3S. The Morgan fingerprint density at radius 2 is 1.90 bits per heavy atom. The average Bonchev–Trinajstić information content (AvgIpc) is 3.66. The van der Waals surface area contributed by atoms with Gasteiger partial charge in [-0.2, -0.15) is 4.31 Å². The number of anilines is 1. The van der Waals surface area contributed by atoms with E-state index in [1.807, 2.05) is 30.3 Å². The third-order valence-corrected chi connectivity index (χ3v) is 7.13. The number of ether oxygens (including phenoxy) is 1. The Kier molecular flexibility index (Phi) is 5.06. The predicted octanol–water partition coefficient (Wildman–Crippen LogP) is 3.80. The van der Waals surface area contributed by atoms with Crippen LogP contribution in [0.2, 0.25) is 0 Å². The van der Waals surface area contributed by atoms with Crippen molar-refractivity contribution in [3.63, 3.8) is 0 Å². The number of nitrogens with zero attached hydrogens (tertiary/aromatic N) is 3. The number of hydrogen-bond donors (Lipinski definition) is 1. The van der Waals surface area contributed by atoms with E-state index < -0.39 is 10.0 Å². The first-order valence-electron chi connectivity index (χ1n) is 10.6. The van der Waals surface area contributed by atoms with Gasteiger partial charge in [0, 0.05) is 29.6 Å². The Balaban J connectivity index is 1.54. The van der Waals surface area contributed by atoms with Gasteiger partial charge in [0.25, 0.3) is 0 Å². The molecule has 0 spiro atoms. The van der Waals surface area contributed by atoms with E-state index >= 15 is 0 Å². The van der Waals surface area contributed by atoms with Gasteiger partial charge in [0.15, 0.2) is 0 Å². The highest BCUT2D eigenvalue weighted by atomic mass is 32.2. The normalized spacial score (nSPS) is 16.6. The fourth-order valence-corrected chi connectivity index (χ4v) is 5.03. The van der Waals surface area contributed by atoms with Gasteiger partial charge in [-0.25, -0.2) is 18.4 Å². The van der Waals surface area contributed by atoms with Crippen LogP contribution >= 0.6 is 0 Å². The first kappa shape index (κ1) is 20.2. The number of hydrogen-bond acceptors (Lipinski definition) is 6. The van der Waals surface area contributed by atoms with E-state index in [1.165, 1.54) is 19.1 Å². The van der Waals surface area contributed by atoms with Crippen molar-refractivity contribution in [1.82, 2.24) is 14.3 Å². The lowest BCUT2D eigenvalue weighted by atomic mass is 10.00. The molecule has 2 aliphatic rings. The molecule has 8 heteroatoms. The summed E-state index contributed by atoms with van der Waals surface area (Å²) in [4.78, 5) is 8.85. The number of nitrogens with one attached hydrogen (secondary N) is 1. The molecule has 1 heterocycles. The maximum Gasteiger partial charge on any atom is 0.211 e. The largest absolute Gasteiger partial charge is 0.496 e. The molecule has 1 aromatic heterocycles. The molecule has 0 unspecified atom stereocenters. The van der Waals surface area contributed by atoms with Crippen LogP contribution in [0.3, 0.4) is 0 Å². The van der Waals surface area contributed by atoms with Gasteiger partial charge >= 0.3 is 0 Å². The van der Waals surface area contributed by atoms with Gasteiger partial charge in [0.1, 0.15) is 17.9 Å². The molecule has 7 nitrogen and oxygen atoms in total. The highest BCUT2D eigenvalue weighted by Gasteiger charge is 2.35. The SMILES string of the molecule is COc1ccc(CN(C2CC2)S(C)(=O)=O)cc1-c1ccc2ncnc(NC3CC3)c2c1. The van der Waals surface area contributed by atoms with Crippen LogP contribution in [0.5, 0.6) is 5.75 Å². The van der Waals surface area contributed by atoms with Gasteiger partial charge in [-0.15, -0.1) is 0 Å². The number of benzene rings is 2. The molecule has 162 valence electrons. The lowest BCUT2D eigenvalue weighted by Gasteiger charge is -2.20. The van der Waals surface area contributed by atoms with E-state index in [0.717, 1.165) is 52.0 Å². The third-order valence-electron chi connectivity index (χ3n) is 5.85. The lowest BCUT2D eigenvalue weighted by molar-refractivity contribution is 0.401. The molecule has 0 radical (unpaired) electrons. The zero-order valence-corrected chi connectivity index (χ0v) is 18.5. The molecule has 2 fully saturated rings. The molecule has 0 saturated heterocycles. The van der Waals surface area contributed by atoms with Crippen LogP contribution in [0.15, 0.2) is 42.7 Å². The number of fused-ring (bicyclic) bond motifs is 1. The summed E-state index contributed by atoms with van der Waals surface area (Å²) in [5.74, 6) is 1.59. The van der Waals surface area contributed by atoms with E-state index in [-0.39, 0.29) is 6.04 Å². The maximum atomic E-state index is 12.3.